The minimum atomic E-state index is -0.476. The topological polar surface area (TPSA) is 24.1 Å². The van der Waals surface area contributed by atoms with Crippen LogP contribution in [0.1, 0.15) is 33.4 Å². The van der Waals surface area contributed by atoms with Crippen LogP contribution in [-0.4, -0.2) is 0 Å². The molecule has 0 aliphatic heterocycles. The molecule has 1 aliphatic rings. The summed E-state index contributed by atoms with van der Waals surface area (Å²) in [5, 5.41) is 7.53. The van der Waals surface area contributed by atoms with Gasteiger partial charge in [0.15, 0.2) is 0 Å². The van der Waals surface area contributed by atoms with Crippen molar-refractivity contribution in [3.63, 3.8) is 0 Å². The molecule has 2 nitrogen and oxygen atoms in total. The van der Waals surface area contributed by atoms with Crippen molar-refractivity contribution in [2.24, 2.45) is 0 Å². The summed E-state index contributed by atoms with van der Waals surface area (Å²) in [7, 11) is 0. The normalized spacial score (nSPS) is 12.5. The molecule has 2 N–H and O–H groups in total. The third-order valence-corrected chi connectivity index (χ3v) is 10.6. The number of nitrogens with one attached hydrogen (secondary N) is 2. The molecular formula is C51H40N2. The Labute approximate surface area is 312 Å². The van der Waals surface area contributed by atoms with Crippen molar-refractivity contribution in [2.45, 2.75) is 18.5 Å². The van der Waals surface area contributed by atoms with Gasteiger partial charge in [-0.2, -0.15) is 0 Å². The molecule has 2 heteroatoms. The molecule has 53 heavy (non-hydrogen) atoms. The molecule has 0 radical (unpaired) electrons. The van der Waals surface area contributed by atoms with Gasteiger partial charge in [0.2, 0.25) is 0 Å². The van der Waals surface area contributed by atoms with E-state index < -0.39 is 5.41 Å². The van der Waals surface area contributed by atoms with Crippen LogP contribution in [0.25, 0.3) is 33.4 Å². The third kappa shape index (κ3) is 6.14. The Balaban J connectivity index is 1.19. The lowest BCUT2D eigenvalue weighted by atomic mass is 9.67. The highest BCUT2D eigenvalue weighted by Crippen LogP contribution is 2.57. The van der Waals surface area contributed by atoms with Gasteiger partial charge in [0.25, 0.3) is 0 Å². The summed E-state index contributed by atoms with van der Waals surface area (Å²) >= 11 is 0. The lowest BCUT2D eigenvalue weighted by Gasteiger charge is -2.34. The molecule has 0 aromatic heterocycles. The highest BCUT2D eigenvalue weighted by molar-refractivity contribution is 5.94. The Bertz CT molecular complexity index is 2430. The van der Waals surface area contributed by atoms with Gasteiger partial charge in [-0.1, -0.05) is 182 Å². The van der Waals surface area contributed by atoms with Gasteiger partial charge < -0.3 is 10.6 Å². The van der Waals surface area contributed by atoms with Crippen LogP contribution in [0.3, 0.4) is 0 Å². The fourth-order valence-electron chi connectivity index (χ4n) is 8.16. The molecular weight excluding hydrogens is 641 g/mol. The fourth-order valence-corrected chi connectivity index (χ4v) is 8.16. The molecule has 0 saturated carbocycles. The molecule has 0 amide bonds. The average molecular weight is 681 g/mol. The van der Waals surface area contributed by atoms with E-state index >= 15 is 0 Å². The molecule has 0 bridgehead atoms. The van der Waals surface area contributed by atoms with E-state index in [2.05, 4.69) is 217 Å². The molecule has 8 aromatic rings. The molecule has 254 valence electrons. The number of hydrogen-bond acceptors (Lipinski definition) is 2. The quantitative estimate of drug-likeness (QED) is 0.150. The van der Waals surface area contributed by atoms with Crippen LogP contribution in [0, 0.1) is 0 Å². The predicted molar refractivity (Wildman–Crippen MR) is 221 cm³/mol. The van der Waals surface area contributed by atoms with Gasteiger partial charge in [0.1, 0.15) is 0 Å². The molecule has 0 heterocycles. The van der Waals surface area contributed by atoms with Crippen LogP contribution in [0.4, 0.5) is 11.4 Å². The Morgan fingerprint density at radius 2 is 0.906 bits per heavy atom. The van der Waals surface area contributed by atoms with Crippen LogP contribution < -0.4 is 10.6 Å². The number of hydrogen-bond donors (Lipinski definition) is 2. The first-order valence-electron chi connectivity index (χ1n) is 18.4. The summed E-state index contributed by atoms with van der Waals surface area (Å²) in [6.07, 6.45) is 0. The van der Waals surface area contributed by atoms with Gasteiger partial charge in [-0.25, -0.2) is 0 Å². The van der Waals surface area contributed by atoms with Crippen molar-refractivity contribution in [1.29, 1.82) is 0 Å². The van der Waals surface area contributed by atoms with Gasteiger partial charge in [0, 0.05) is 30.0 Å². The van der Waals surface area contributed by atoms with E-state index in [-0.39, 0.29) is 0 Å². The Hall–Kier alpha value is -6.48. The molecule has 9 rings (SSSR count). The zero-order valence-corrected chi connectivity index (χ0v) is 29.5. The van der Waals surface area contributed by atoms with Crippen molar-refractivity contribution in [3.05, 3.63) is 240 Å². The first-order chi connectivity index (χ1) is 26.3. The van der Waals surface area contributed by atoms with Gasteiger partial charge in [-0.15, -0.1) is 0 Å². The van der Waals surface area contributed by atoms with Gasteiger partial charge in [-0.3, -0.25) is 0 Å². The minimum Gasteiger partial charge on any atom is -0.355 e. The Morgan fingerprint density at radius 3 is 1.60 bits per heavy atom. The fraction of sp³-hybridized carbons (Fsp3) is 0.0588. The van der Waals surface area contributed by atoms with E-state index in [9.17, 15) is 0 Å². The van der Waals surface area contributed by atoms with Crippen LogP contribution in [0.2, 0.25) is 0 Å². The first kappa shape index (κ1) is 32.4. The van der Waals surface area contributed by atoms with E-state index in [1.54, 1.807) is 0 Å². The van der Waals surface area contributed by atoms with Crippen molar-refractivity contribution in [1.82, 2.24) is 5.32 Å². The largest absolute Gasteiger partial charge is 0.355 e. The van der Waals surface area contributed by atoms with Crippen molar-refractivity contribution >= 4 is 11.4 Å². The Kier molecular flexibility index (Phi) is 8.73. The van der Waals surface area contributed by atoms with E-state index in [0.717, 1.165) is 24.5 Å². The van der Waals surface area contributed by atoms with Crippen molar-refractivity contribution in [2.75, 3.05) is 5.32 Å². The van der Waals surface area contributed by atoms with Crippen LogP contribution >= 0.6 is 0 Å². The molecule has 0 unspecified atom stereocenters. The molecule has 0 fully saturated rings. The lowest BCUT2D eigenvalue weighted by Crippen LogP contribution is -2.28. The number of benzene rings is 8. The van der Waals surface area contributed by atoms with E-state index in [0.29, 0.717) is 0 Å². The molecule has 8 aromatic carbocycles. The predicted octanol–water partition coefficient (Wildman–Crippen LogP) is 12.4. The minimum absolute atomic E-state index is 0.476. The summed E-state index contributed by atoms with van der Waals surface area (Å²) in [4.78, 5) is 0. The van der Waals surface area contributed by atoms with Crippen molar-refractivity contribution in [3.8, 4) is 33.4 Å². The summed E-state index contributed by atoms with van der Waals surface area (Å²) < 4.78 is 0. The maximum absolute atomic E-state index is 3.91. The standard InChI is InChI=1S/C51H40N2/c1-5-16-37(17-6-1)35-52-36-38-18-15-25-44(32-38)53-50-34-47-45-26-13-14-27-48(45)51(42-21-9-3-10-22-42,43-23-11-4-12-24-43)49(47)33-46(50)41-30-28-40(29-31-41)39-19-7-2-8-20-39/h1-34,52-53H,35-36H2. The SMILES string of the molecule is c1ccc(CNCc2cccc(Nc3cc4c(cc3-c3ccc(-c5ccccc5)cc3)C(c3ccccc3)(c3ccccc3)c3ccccc3-4)c2)cc1. The molecule has 0 saturated heterocycles. The Morgan fingerprint density at radius 1 is 0.358 bits per heavy atom. The van der Waals surface area contributed by atoms with E-state index in [1.165, 1.54) is 66.8 Å². The number of anilines is 2. The van der Waals surface area contributed by atoms with Crippen LogP contribution in [0.15, 0.2) is 206 Å². The molecule has 0 atom stereocenters. The van der Waals surface area contributed by atoms with Crippen molar-refractivity contribution < 1.29 is 0 Å². The summed E-state index contributed by atoms with van der Waals surface area (Å²) in [5.41, 5.74) is 16.6. The maximum atomic E-state index is 3.91. The van der Waals surface area contributed by atoms with Gasteiger partial charge in [-0.05, 0) is 85.5 Å². The van der Waals surface area contributed by atoms with Crippen LogP contribution in [0.5, 0.6) is 0 Å². The van der Waals surface area contributed by atoms with E-state index in [4.69, 9.17) is 0 Å². The maximum Gasteiger partial charge on any atom is 0.0713 e. The second kappa shape index (κ2) is 14.3. The summed E-state index contributed by atoms with van der Waals surface area (Å²) in [6, 6.07) is 74.9. The van der Waals surface area contributed by atoms with E-state index in [1.807, 2.05) is 0 Å². The molecule has 1 aliphatic carbocycles. The molecule has 0 spiro atoms. The monoisotopic (exact) mass is 680 g/mol. The van der Waals surface area contributed by atoms with Gasteiger partial charge >= 0.3 is 0 Å². The third-order valence-electron chi connectivity index (χ3n) is 10.6. The summed E-state index contributed by atoms with van der Waals surface area (Å²) in [6.45, 7) is 1.61. The zero-order valence-electron chi connectivity index (χ0n) is 29.5. The first-order valence-corrected chi connectivity index (χ1v) is 18.4. The smallest absolute Gasteiger partial charge is 0.0713 e. The average Bonchev–Trinajstić information content (AvgIpc) is 3.52. The highest BCUT2D eigenvalue weighted by Gasteiger charge is 2.46. The second-order valence-electron chi connectivity index (χ2n) is 13.8. The highest BCUT2D eigenvalue weighted by atomic mass is 14.9. The second-order valence-corrected chi connectivity index (χ2v) is 13.8. The number of rotatable bonds is 10. The number of fused-ring (bicyclic) bond motifs is 3. The summed E-state index contributed by atoms with van der Waals surface area (Å²) in [5.74, 6) is 0. The lowest BCUT2D eigenvalue weighted by molar-refractivity contribution is 0.693. The zero-order chi connectivity index (χ0) is 35.5. The van der Waals surface area contributed by atoms with Gasteiger partial charge in [0.05, 0.1) is 5.41 Å². The van der Waals surface area contributed by atoms with Crippen LogP contribution in [-0.2, 0) is 18.5 Å².